The van der Waals surface area contributed by atoms with Crippen molar-refractivity contribution in [2.45, 2.75) is 26.8 Å². The Balaban J connectivity index is 1.72. The Morgan fingerprint density at radius 1 is 1.14 bits per heavy atom. The van der Waals surface area contributed by atoms with Gasteiger partial charge >= 0.3 is 0 Å². The topological polar surface area (TPSA) is 56.1 Å². The molecule has 2 aromatic carbocycles. The number of carbonyl (C=O) groups excluding carboxylic acids is 1. The summed E-state index contributed by atoms with van der Waals surface area (Å²) in [6.45, 7) is 4.27. The Morgan fingerprint density at radius 3 is 2.64 bits per heavy atom. The van der Waals surface area contributed by atoms with Crippen molar-refractivity contribution in [3.8, 4) is 11.4 Å². The zero-order valence-electron chi connectivity index (χ0n) is 15.9. The van der Waals surface area contributed by atoms with E-state index in [2.05, 4.69) is 10.4 Å². The van der Waals surface area contributed by atoms with Crippen LogP contribution in [0.25, 0.3) is 5.69 Å². The van der Waals surface area contributed by atoms with Gasteiger partial charge in [-0.3, -0.25) is 4.79 Å². The van der Waals surface area contributed by atoms with E-state index in [-0.39, 0.29) is 12.3 Å². The van der Waals surface area contributed by atoms with Crippen LogP contribution in [-0.2, 0) is 17.8 Å². The molecular weight excluding hydrogens is 397 g/mol. The lowest BCUT2D eigenvalue weighted by molar-refractivity contribution is -0.120. The molecule has 1 aromatic heterocycles. The van der Waals surface area contributed by atoms with Crippen LogP contribution in [0.2, 0.25) is 10.0 Å². The zero-order chi connectivity index (χ0) is 20.3. The highest BCUT2D eigenvalue weighted by molar-refractivity contribution is 6.42. The van der Waals surface area contributed by atoms with Gasteiger partial charge in [0.1, 0.15) is 5.75 Å². The number of amides is 1. The first kappa shape index (κ1) is 20.2. The maximum atomic E-state index is 12.5. The maximum Gasteiger partial charge on any atom is 0.224 e. The Labute approximate surface area is 174 Å². The molecule has 7 heteroatoms. The average Bonchev–Trinajstić information content (AvgIpc) is 2.97. The number of hydrogen-bond acceptors (Lipinski definition) is 3. The number of benzene rings is 2. The van der Waals surface area contributed by atoms with Crippen molar-refractivity contribution in [1.29, 1.82) is 0 Å². The van der Waals surface area contributed by atoms with Crippen LogP contribution in [0.4, 0.5) is 0 Å². The molecule has 3 aromatic rings. The van der Waals surface area contributed by atoms with Gasteiger partial charge < -0.3 is 10.1 Å². The summed E-state index contributed by atoms with van der Waals surface area (Å²) in [4.78, 5) is 12.5. The van der Waals surface area contributed by atoms with Crippen molar-refractivity contribution in [1.82, 2.24) is 15.1 Å². The zero-order valence-corrected chi connectivity index (χ0v) is 17.4. The van der Waals surface area contributed by atoms with E-state index in [9.17, 15) is 4.79 Å². The molecule has 0 saturated carbocycles. The largest absolute Gasteiger partial charge is 0.497 e. The van der Waals surface area contributed by atoms with Gasteiger partial charge in [-0.1, -0.05) is 35.3 Å². The normalized spacial score (nSPS) is 10.8. The van der Waals surface area contributed by atoms with E-state index in [1.54, 1.807) is 23.9 Å². The standard InChI is InChI=1S/C21H21Cl2N3O2/c1-13-18(11-21(27)24-12-15-5-4-6-17(9-15)28-3)14(2)26(25-13)16-7-8-19(22)20(23)10-16/h4-10H,11-12H2,1-3H3,(H,24,27). The molecule has 0 bridgehead atoms. The summed E-state index contributed by atoms with van der Waals surface area (Å²) in [6.07, 6.45) is 0.253. The van der Waals surface area contributed by atoms with Crippen molar-refractivity contribution in [3.05, 3.63) is 75.0 Å². The summed E-state index contributed by atoms with van der Waals surface area (Å²) in [5.41, 5.74) is 4.38. The summed E-state index contributed by atoms with van der Waals surface area (Å²) >= 11 is 12.1. The first-order valence-corrected chi connectivity index (χ1v) is 9.54. The van der Waals surface area contributed by atoms with Crippen molar-refractivity contribution in [3.63, 3.8) is 0 Å². The second kappa shape index (κ2) is 8.67. The summed E-state index contributed by atoms with van der Waals surface area (Å²) in [7, 11) is 1.62. The summed E-state index contributed by atoms with van der Waals surface area (Å²) < 4.78 is 6.99. The molecular formula is C21H21Cl2N3O2. The van der Waals surface area contributed by atoms with Gasteiger partial charge in [-0.25, -0.2) is 4.68 Å². The highest BCUT2D eigenvalue weighted by atomic mass is 35.5. The van der Waals surface area contributed by atoms with Crippen LogP contribution in [0.1, 0.15) is 22.5 Å². The van der Waals surface area contributed by atoms with Crippen LogP contribution in [0.3, 0.4) is 0 Å². The number of nitrogens with zero attached hydrogens (tertiary/aromatic N) is 2. The van der Waals surface area contributed by atoms with Crippen LogP contribution in [-0.4, -0.2) is 22.8 Å². The van der Waals surface area contributed by atoms with Crippen LogP contribution in [0.5, 0.6) is 5.75 Å². The number of hydrogen-bond donors (Lipinski definition) is 1. The second-order valence-electron chi connectivity index (χ2n) is 6.46. The van der Waals surface area contributed by atoms with Gasteiger partial charge in [0.15, 0.2) is 0 Å². The quantitative estimate of drug-likeness (QED) is 0.634. The Bertz CT molecular complexity index is 1010. The summed E-state index contributed by atoms with van der Waals surface area (Å²) in [6, 6.07) is 13.0. The van der Waals surface area contributed by atoms with Crippen LogP contribution < -0.4 is 10.1 Å². The van der Waals surface area contributed by atoms with Gasteiger partial charge in [0.25, 0.3) is 0 Å². The van der Waals surface area contributed by atoms with E-state index in [1.165, 1.54) is 0 Å². The fourth-order valence-corrected chi connectivity index (χ4v) is 3.30. The number of halogens is 2. The Hall–Kier alpha value is -2.50. The fraction of sp³-hybridized carbons (Fsp3) is 0.238. The second-order valence-corrected chi connectivity index (χ2v) is 7.28. The Morgan fingerprint density at radius 2 is 1.93 bits per heavy atom. The number of aryl methyl sites for hydroxylation is 1. The van der Waals surface area contributed by atoms with Gasteiger partial charge in [-0.2, -0.15) is 5.10 Å². The molecule has 1 heterocycles. The van der Waals surface area contributed by atoms with E-state index >= 15 is 0 Å². The lowest BCUT2D eigenvalue weighted by Gasteiger charge is -2.08. The molecule has 0 radical (unpaired) electrons. The minimum absolute atomic E-state index is 0.0669. The third-order valence-corrected chi connectivity index (χ3v) is 5.29. The molecule has 28 heavy (non-hydrogen) atoms. The van der Waals surface area contributed by atoms with Gasteiger partial charge in [-0.05, 0) is 49.7 Å². The Kier molecular flexibility index (Phi) is 6.27. The van der Waals surface area contributed by atoms with Crippen LogP contribution in [0.15, 0.2) is 42.5 Å². The van der Waals surface area contributed by atoms with Gasteiger partial charge in [0.05, 0.1) is 35.0 Å². The minimum atomic E-state index is -0.0669. The van der Waals surface area contributed by atoms with Crippen molar-refractivity contribution >= 4 is 29.1 Å². The van der Waals surface area contributed by atoms with Gasteiger partial charge in [0.2, 0.25) is 5.91 Å². The molecule has 0 spiro atoms. The average molecular weight is 418 g/mol. The molecule has 0 atom stereocenters. The molecule has 0 unspecified atom stereocenters. The number of methoxy groups -OCH3 is 1. The van der Waals surface area contributed by atoms with Crippen molar-refractivity contribution in [2.75, 3.05) is 7.11 Å². The summed E-state index contributed by atoms with van der Waals surface area (Å²) in [5, 5.41) is 8.46. The van der Waals surface area contributed by atoms with E-state index < -0.39 is 0 Å². The first-order chi connectivity index (χ1) is 13.4. The number of carbonyl (C=O) groups is 1. The molecule has 146 valence electrons. The number of ether oxygens (including phenoxy) is 1. The highest BCUT2D eigenvalue weighted by Crippen LogP contribution is 2.26. The van der Waals surface area contributed by atoms with Crippen LogP contribution >= 0.6 is 23.2 Å². The smallest absolute Gasteiger partial charge is 0.224 e. The third kappa shape index (κ3) is 4.49. The number of rotatable bonds is 6. The molecule has 3 rings (SSSR count). The molecule has 0 aliphatic heterocycles. The number of aromatic nitrogens is 2. The van der Waals surface area contributed by atoms with E-state index in [1.807, 2.05) is 44.2 Å². The fourth-order valence-electron chi connectivity index (χ4n) is 3.01. The molecule has 0 aliphatic carbocycles. The van der Waals surface area contributed by atoms with E-state index in [0.717, 1.165) is 34.0 Å². The van der Waals surface area contributed by atoms with E-state index in [0.29, 0.717) is 16.6 Å². The molecule has 0 fully saturated rings. The lowest BCUT2D eigenvalue weighted by Crippen LogP contribution is -2.25. The monoisotopic (exact) mass is 417 g/mol. The predicted octanol–water partition coefficient (Wildman–Crippen LogP) is 4.66. The third-order valence-electron chi connectivity index (χ3n) is 4.55. The molecule has 1 N–H and O–H groups in total. The van der Waals surface area contributed by atoms with Gasteiger partial charge in [-0.15, -0.1) is 0 Å². The number of nitrogens with one attached hydrogen (secondary N) is 1. The molecule has 1 amide bonds. The SMILES string of the molecule is COc1cccc(CNC(=O)Cc2c(C)nn(-c3ccc(Cl)c(Cl)c3)c2C)c1. The van der Waals surface area contributed by atoms with Crippen molar-refractivity contribution in [2.24, 2.45) is 0 Å². The predicted molar refractivity (Wildman–Crippen MR) is 112 cm³/mol. The molecule has 0 aliphatic rings. The van der Waals surface area contributed by atoms with Crippen LogP contribution in [0, 0.1) is 13.8 Å². The molecule has 0 saturated heterocycles. The summed E-state index contributed by atoms with van der Waals surface area (Å²) in [5.74, 6) is 0.698. The van der Waals surface area contributed by atoms with E-state index in [4.69, 9.17) is 27.9 Å². The first-order valence-electron chi connectivity index (χ1n) is 8.79. The minimum Gasteiger partial charge on any atom is -0.497 e. The molecule has 5 nitrogen and oxygen atoms in total. The van der Waals surface area contributed by atoms with Crippen molar-refractivity contribution < 1.29 is 9.53 Å². The highest BCUT2D eigenvalue weighted by Gasteiger charge is 2.16. The maximum absolute atomic E-state index is 12.5. The lowest BCUT2D eigenvalue weighted by atomic mass is 10.1. The van der Waals surface area contributed by atoms with Gasteiger partial charge in [0, 0.05) is 17.8 Å².